The van der Waals surface area contributed by atoms with Crippen molar-refractivity contribution in [2.45, 2.75) is 65.2 Å². The van der Waals surface area contributed by atoms with Crippen molar-refractivity contribution >= 4 is 0 Å². The summed E-state index contributed by atoms with van der Waals surface area (Å²) in [6.07, 6.45) is 12.1. The molecule has 3 rings (SSSR count). The quantitative estimate of drug-likeness (QED) is 0.796. The van der Waals surface area contributed by atoms with Crippen LogP contribution in [0.4, 0.5) is 0 Å². The lowest BCUT2D eigenvalue weighted by atomic mass is 9.66. The molecule has 3 aliphatic carbocycles. The van der Waals surface area contributed by atoms with Crippen LogP contribution in [0.25, 0.3) is 0 Å². The maximum atomic E-state index is 6.07. The molecule has 0 heterocycles. The first-order valence-electron chi connectivity index (χ1n) is 8.87. The zero-order valence-electron chi connectivity index (χ0n) is 13.0. The molecule has 0 aromatic carbocycles. The average Bonchev–Trinajstić information content (AvgIpc) is 3.01. The zero-order chi connectivity index (χ0) is 13.4. The molecule has 0 spiro atoms. The van der Waals surface area contributed by atoms with Gasteiger partial charge in [0.1, 0.15) is 0 Å². The van der Waals surface area contributed by atoms with Crippen molar-refractivity contribution in [1.82, 2.24) is 0 Å². The summed E-state index contributed by atoms with van der Waals surface area (Å²) in [6, 6.07) is 0. The van der Waals surface area contributed by atoms with Crippen LogP contribution in [0.2, 0.25) is 0 Å². The van der Waals surface area contributed by atoms with Gasteiger partial charge in [-0.1, -0.05) is 20.3 Å². The molecule has 110 valence electrons. The summed E-state index contributed by atoms with van der Waals surface area (Å²) >= 11 is 0. The van der Waals surface area contributed by atoms with Gasteiger partial charge in [-0.15, -0.1) is 0 Å². The average molecular weight is 263 g/mol. The first-order valence-corrected chi connectivity index (χ1v) is 8.87. The molecular formula is C18H33N. The zero-order valence-corrected chi connectivity index (χ0v) is 13.0. The molecule has 6 unspecified atom stereocenters. The van der Waals surface area contributed by atoms with E-state index in [1.54, 1.807) is 25.7 Å². The third kappa shape index (κ3) is 2.86. The van der Waals surface area contributed by atoms with E-state index in [1.165, 1.54) is 25.7 Å². The van der Waals surface area contributed by atoms with E-state index >= 15 is 0 Å². The highest BCUT2D eigenvalue weighted by Crippen LogP contribution is 2.52. The Labute approximate surface area is 119 Å². The van der Waals surface area contributed by atoms with Crippen LogP contribution in [0, 0.1) is 41.4 Å². The van der Waals surface area contributed by atoms with Crippen LogP contribution in [-0.4, -0.2) is 6.54 Å². The third-order valence-electron chi connectivity index (χ3n) is 6.92. The van der Waals surface area contributed by atoms with Gasteiger partial charge in [0.15, 0.2) is 0 Å². The maximum Gasteiger partial charge on any atom is -0.00462 e. The van der Waals surface area contributed by atoms with Crippen LogP contribution in [0.15, 0.2) is 0 Å². The van der Waals surface area contributed by atoms with Gasteiger partial charge in [0.2, 0.25) is 0 Å². The summed E-state index contributed by atoms with van der Waals surface area (Å²) in [6.45, 7) is 5.78. The molecule has 1 heteroatoms. The SMILES string of the molecule is CC(C)C1CCC(CN)C(CC2CC3CCC2C3)C1. The minimum Gasteiger partial charge on any atom is -0.330 e. The Hall–Kier alpha value is -0.0400. The number of rotatable bonds is 4. The van der Waals surface area contributed by atoms with Crippen LogP contribution in [0.1, 0.15) is 65.2 Å². The molecule has 0 aromatic rings. The van der Waals surface area contributed by atoms with Crippen LogP contribution >= 0.6 is 0 Å². The molecule has 0 radical (unpaired) electrons. The van der Waals surface area contributed by atoms with E-state index in [9.17, 15) is 0 Å². The Kier molecular flexibility index (Phi) is 4.22. The van der Waals surface area contributed by atoms with Gasteiger partial charge < -0.3 is 5.73 Å². The minimum atomic E-state index is 0.842. The maximum absolute atomic E-state index is 6.07. The topological polar surface area (TPSA) is 26.0 Å². The van der Waals surface area contributed by atoms with Crippen LogP contribution in [0.5, 0.6) is 0 Å². The van der Waals surface area contributed by atoms with Crippen molar-refractivity contribution in [2.75, 3.05) is 6.54 Å². The van der Waals surface area contributed by atoms with E-state index in [1.807, 2.05) is 0 Å². The molecule has 0 amide bonds. The number of nitrogens with two attached hydrogens (primary N) is 1. The number of fused-ring (bicyclic) bond motifs is 2. The molecule has 3 saturated carbocycles. The molecule has 19 heavy (non-hydrogen) atoms. The molecular weight excluding hydrogens is 230 g/mol. The summed E-state index contributed by atoms with van der Waals surface area (Å²) in [5.41, 5.74) is 6.07. The van der Waals surface area contributed by atoms with Gasteiger partial charge in [0.05, 0.1) is 0 Å². The van der Waals surface area contributed by atoms with Crippen LogP contribution in [-0.2, 0) is 0 Å². The molecule has 6 atom stereocenters. The molecule has 1 nitrogen and oxygen atoms in total. The van der Waals surface area contributed by atoms with Gasteiger partial charge in [-0.3, -0.25) is 0 Å². The summed E-state index contributed by atoms with van der Waals surface area (Å²) in [5, 5.41) is 0. The predicted octanol–water partition coefficient (Wildman–Crippen LogP) is 4.46. The normalized spacial score (nSPS) is 46.1. The highest BCUT2D eigenvalue weighted by Gasteiger charge is 2.42. The standard InChI is InChI=1S/C18H33N/c1-12(2)14-5-6-16(11-19)18(9-14)10-17-8-13-3-4-15(17)7-13/h12-18H,3-11,19H2,1-2H3. The van der Waals surface area contributed by atoms with Gasteiger partial charge >= 0.3 is 0 Å². The third-order valence-corrected chi connectivity index (χ3v) is 6.92. The van der Waals surface area contributed by atoms with Crippen molar-refractivity contribution < 1.29 is 0 Å². The second kappa shape index (κ2) is 5.76. The van der Waals surface area contributed by atoms with E-state index in [-0.39, 0.29) is 0 Å². The van der Waals surface area contributed by atoms with Crippen molar-refractivity contribution in [1.29, 1.82) is 0 Å². The predicted molar refractivity (Wildman–Crippen MR) is 81.8 cm³/mol. The monoisotopic (exact) mass is 263 g/mol. The summed E-state index contributed by atoms with van der Waals surface area (Å²) < 4.78 is 0. The summed E-state index contributed by atoms with van der Waals surface area (Å²) in [5.74, 6) is 6.93. The Morgan fingerprint density at radius 3 is 2.32 bits per heavy atom. The molecule has 3 aliphatic rings. The Balaban J connectivity index is 1.60. The fourth-order valence-electron chi connectivity index (χ4n) is 5.62. The number of hydrogen-bond acceptors (Lipinski definition) is 1. The van der Waals surface area contributed by atoms with Crippen LogP contribution in [0.3, 0.4) is 0 Å². The lowest BCUT2D eigenvalue weighted by molar-refractivity contribution is 0.116. The van der Waals surface area contributed by atoms with E-state index in [4.69, 9.17) is 5.73 Å². The molecule has 0 aliphatic heterocycles. The number of hydrogen-bond donors (Lipinski definition) is 1. The van der Waals surface area contributed by atoms with Gasteiger partial charge in [0, 0.05) is 0 Å². The molecule has 2 bridgehead atoms. The van der Waals surface area contributed by atoms with E-state index in [0.717, 1.165) is 48.0 Å². The Morgan fingerprint density at radius 1 is 0.895 bits per heavy atom. The van der Waals surface area contributed by atoms with Gasteiger partial charge in [-0.05, 0) is 92.9 Å². The second-order valence-corrected chi connectivity index (χ2v) is 8.24. The first-order chi connectivity index (χ1) is 9.17. The van der Waals surface area contributed by atoms with Crippen molar-refractivity contribution in [3.63, 3.8) is 0 Å². The fraction of sp³-hybridized carbons (Fsp3) is 1.00. The van der Waals surface area contributed by atoms with Crippen molar-refractivity contribution in [2.24, 2.45) is 47.2 Å². The molecule has 3 fully saturated rings. The van der Waals surface area contributed by atoms with Gasteiger partial charge in [0.25, 0.3) is 0 Å². The summed E-state index contributed by atoms with van der Waals surface area (Å²) in [7, 11) is 0. The van der Waals surface area contributed by atoms with Gasteiger partial charge in [-0.25, -0.2) is 0 Å². The van der Waals surface area contributed by atoms with E-state index in [2.05, 4.69) is 13.8 Å². The summed E-state index contributed by atoms with van der Waals surface area (Å²) in [4.78, 5) is 0. The lowest BCUT2D eigenvalue weighted by Crippen LogP contribution is -2.33. The minimum absolute atomic E-state index is 0.842. The highest BCUT2D eigenvalue weighted by molar-refractivity contribution is 4.93. The Morgan fingerprint density at radius 2 is 1.74 bits per heavy atom. The van der Waals surface area contributed by atoms with Gasteiger partial charge in [-0.2, -0.15) is 0 Å². The lowest BCUT2D eigenvalue weighted by Gasteiger charge is -2.39. The van der Waals surface area contributed by atoms with Crippen molar-refractivity contribution in [3.8, 4) is 0 Å². The molecule has 2 N–H and O–H groups in total. The van der Waals surface area contributed by atoms with Crippen LogP contribution < -0.4 is 5.73 Å². The van der Waals surface area contributed by atoms with E-state index in [0.29, 0.717) is 0 Å². The highest BCUT2D eigenvalue weighted by atomic mass is 14.6. The first kappa shape index (κ1) is 13.9. The van der Waals surface area contributed by atoms with Crippen molar-refractivity contribution in [3.05, 3.63) is 0 Å². The Bertz CT molecular complexity index is 298. The second-order valence-electron chi connectivity index (χ2n) is 8.24. The smallest absolute Gasteiger partial charge is 0.00462 e. The molecule has 0 aromatic heterocycles. The molecule has 0 saturated heterocycles. The largest absolute Gasteiger partial charge is 0.330 e. The van der Waals surface area contributed by atoms with E-state index < -0.39 is 0 Å². The fourth-order valence-corrected chi connectivity index (χ4v) is 5.62.